The van der Waals surface area contributed by atoms with Crippen LogP contribution >= 0.6 is 11.6 Å². The molecule has 1 saturated heterocycles. The lowest BCUT2D eigenvalue weighted by Gasteiger charge is -2.39. The highest BCUT2D eigenvalue weighted by Gasteiger charge is 2.36. The lowest BCUT2D eigenvalue weighted by molar-refractivity contribution is 0.0119. The summed E-state index contributed by atoms with van der Waals surface area (Å²) in [6.07, 6.45) is 2.68. The van der Waals surface area contributed by atoms with Gasteiger partial charge >= 0.3 is 0 Å². The van der Waals surface area contributed by atoms with Gasteiger partial charge in [0.2, 0.25) is 0 Å². The predicted molar refractivity (Wildman–Crippen MR) is 108 cm³/mol. The molecule has 1 aliphatic rings. The van der Waals surface area contributed by atoms with Gasteiger partial charge in [0.1, 0.15) is 0 Å². The third-order valence-electron chi connectivity index (χ3n) is 5.13. The minimum atomic E-state index is -3.47. The normalized spacial score (nSPS) is 17.7. The summed E-state index contributed by atoms with van der Waals surface area (Å²) in [5.41, 5.74) is 0.665. The first-order valence-electron chi connectivity index (χ1n) is 8.98. The second kappa shape index (κ2) is 7.08. The number of aromatic nitrogens is 1. The maximum atomic E-state index is 12.5. The van der Waals surface area contributed by atoms with Crippen LogP contribution < -0.4 is 4.90 Å². The number of anilines is 1. The number of halogens is 1. The first-order chi connectivity index (χ1) is 12.5. The van der Waals surface area contributed by atoms with E-state index in [2.05, 4.69) is 9.88 Å². The van der Waals surface area contributed by atoms with Gasteiger partial charge in [-0.05, 0) is 51.8 Å². The molecule has 0 atom stereocenters. The summed E-state index contributed by atoms with van der Waals surface area (Å²) >= 11 is 6.26. The standard InChI is InChI=1S/C20H25ClN2O3S/c1-19(2,3)27(25,26)18-9-8-15(14-22-18)23-12-10-20(24,11-13-23)16-6-4-5-7-17(16)21/h4-9,14,24H,10-13H2,1-3H3. The molecule has 0 unspecified atom stereocenters. The monoisotopic (exact) mass is 408 g/mol. The molecule has 0 spiro atoms. The SMILES string of the molecule is CC(C)(C)S(=O)(=O)c1ccc(N2CCC(O)(c3ccccc3Cl)CC2)cn1. The molecule has 0 bridgehead atoms. The van der Waals surface area contributed by atoms with E-state index in [0.717, 1.165) is 11.3 Å². The Morgan fingerprint density at radius 1 is 1.11 bits per heavy atom. The van der Waals surface area contributed by atoms with Crippen LogP contribution in [0.25, 0.3) is 0 Å². The zero-order valence-corrected chi connectivity index (χ0v) is 17.4. The Morgan fingerprint density at radius 2 is 1.74 bits per heavy atom. The molecular weight excluding hydrogens is 384 g/mol. The lowest BCUT2D eigenvalue weighted by Crippen LogP contribution is -2.42. The van der Waals surface area contributed by atoms with Crippen molar-refractivity contribution in [1.82, 2.24) is 4.98 Å². The number of benzene rings is 1. The van der Waals surface area contributed by atoms with E-state index in [4.69, 9.17) is 11.6 Å². The number of hydrogen-bond donors (Lipinski definition) is 1. The molecule has 0 radical (unpaired) electrons. The van der Waals surface area contributed by atoms with Crippen molar-refractivity contribution in [3.63, 3.8) is 0 Å². The van der Waals surface area contributed by atoms with Crippen LogP contribution in [0.15, 0.2) is 47.6 Å². The van der Waals surface area contributed by atoms with Gasteiger partial charge < -0.3 is 10.0 Å². The summed E-state index contributed by atoms with van der Waals surface area (Å²) in [4.78, 5) is 6.29. The topological polar surface area (TPSA) is 70.5 Å². The number of nitrogens with zero attached hydrogens (tertiary/aromatic N) is 2. The molecule has 3 rings (SSSR count). The van der Waals surface area contributed by atoms with Crippen LogP contribution in [0.3, 0.4) is 0 Å². The van der Waals surface area contributed by atoms with Gasteiger partial charge in [-0.15, -0.1) is 0 Å². The maximum absolute atomic E-state index is 12.5. The number of rotatable bonds is 3. The molecule has 2 heterocycles. The maximum Gasteiger partial charge on any atom is 0.200 e. The van der Waals surface area contributed by atoms with Gasteiger partial charge in [-0.1, -0.05) is 29.8 Å². The zero-order chi connectivity index (χ0) is 19.9. The van der Waals surface area contributed by atoms with Crippen molar-refractivity contribution in [3.05, 3.63) is 53.2 Å². The first-order valence-corrected chi connectivity index (χ1v) is 10.8. The second-order valence-electron chi connectivity index (χ2n) is 7.97. The first kappa shape index (κ1) is 20.1. The number of aliphatic hydroxyl groups is 1. The third-order valence-corrected chi connectivity index (χ3v) is 7.87. The smallest absolute Gasteiger partial charge is 0.200 e. The predicted octanol–water partition coefficient (Wildman–Crippen LogP) is 3.80. The highest BCUT2D eigenvalue weighted by atomic mass is 35.5. The van der Waals surface area contributed by atoms with Gasteiger partial charge in [-0.2, -0.15) is 0 Å². The summed E-state index contributed by atoms with van der Waals surface area (Å²) in [5, 5.41) is 11.7. The Bertz CT molecular complexity index is 913. The molecule has 0 aliphatic carbocycles. The molecule has 0 amide bonds. The Hall–Kier alpha value is -1.63. The van der Waals surface area contributed by atoms with Crippen molar-refractivity contribution >= 4 is 27.1 Å². The minimum Gasteiger partial charge on any atom is -0.385 e. The molecular formula is C20H25ClN2O3S. The van der Waals surface area contributed by atoms with Crippen molar-refractivity contribution in [3.8, 4) is 0 Å². The summed E-state index contributed by atoms with van der Waals surface area (Å²) in [6, 6.07) is 10.7. The minimum absolute atomic E-state index is 0.0864. The van der Waals surface area contributed by atoms with Crippen LogP contribution in [-0.4, -0.2) is 36.3 Å². The van der Waals surface area contributed by atoms with Gasteiger partial charge in [0.15, 0.2) is 14.9 Å². The molecule has 2 aromatic rings. The largest absolute Gasteiger partial charge is 0.385 e. The number of hydrogen-bond acceptors (Lipinski definition) is 5. The molecule has 0 saturated carbocycles. The molecule has 146 valence electrons. The van der Waals surface area contributed by atoms with Gasteiger partial charge in [0.05, 0.1) is 22.2 Å². The Balaban J connectivity index is 1.75. The van der Waals surface area contributed by atoms with Crippen LogP contribution in [0.5, 0.6) is 0 Å². The second-order valence-corrected chi connectivity index (χ2v) is 11.0. The Kier molecular flexibility index (Phi) is 5.27. The summed E-state index contributed by atoms with van der Waals surface area (Å²) in [6.45, 7) is 6.26. The van der Waals surface area contributed by atoms with Gasteiger partial charge in [-0.25, -0.2) is 13.4 Å². The fraction of sp³-hybridized carbons (Fsp3) is 0.450. The van der Waals surface area contributed by atoms with Crippen LogP contribution in [0.4, 0.5) is 5.69 Å². The summed E-state index contributed by atoms with van der Waals surface area (Å²) in [7, 11) is -3.47. The third kappa shape index (κ3) is 3.84. The molecule has 1 N–H and O–H groups in total. The van der Waals surface area contributed by atoms with Crippen LogP contribution in [0.2, 0.25) is 5.02 Å². The summed E-state index contributed by atoms with van der Waals surface area (Å²) in [5.74, 6) is 0. The van der Waals surface area contributed by atoms with Crippen molar-refractivity contribution < 1.29 is 13.5 Å². The highest BCUT2D eigenvalue weighted by Crippen LogP contribution is 2.37. The fourth-order valence-corrected chi connectivity index (χ4v) is 4.65. The number of sulfone groups is 1. The molecule has 1 aromatic heterocycles. The zero-order valence-electron chi connectivity index (χ0n) is 15.8. The van der Waals surface area contributed by atoms with E-state index in [0.29, 0.717) is 31.0 Å². The number of pyridine rings is 1. The van der Waals surface area contributed by atoms with E-state index in [1.54, 1.807) is 45.2 Å². The highest BCUT2D eigenvalue weighted by molar-refractivity contribution is 7.92. The molecule has 27 heavy (non-hydrogen) atoms. The van der Waals surface area contributed by atoms with Crippen LogP contribution in [0.1, 0.15) is 39.2 Å². The van der Waals surface area contributed by atoms with Gasteiger partial charge in [-0.3, -0.25) is 0 Å². The van der Waals surface area contributed by atoms with Crippen molar-refractivity contribution in [2.45, 2.75) is 49.0 Å². The van der Waals surface area contributed by atoms with E-state index in [9.17, 15) is 13.5 Å². The van der Waals surface area contributed by atoms with E-state index < -0.39 is 20.2 Å². The lowest BCUT2D eigenvalue weighted by atomic mass is 9.84. The number of piperidine rings is 1. The van der Waals surface area contributed by atoms with E-state index >= 15 is 0 Å². The molecule has 7 heteroatoms. The average Bonchev–Trinajstić information content (AvgIpc) is 2.62. The van der Waals surface area contributed by atoms with Gasteiger partial charge in [0, 0.05) is 23.7 Å². The van der Waals surface area contributed by atoms with Crippen LogP contribution in [-0.2, 0) is 15.4 Å². The molecule has 1 aliphatic heterocycles. The van der Waals surface area contributed by atoms with E-state index in [1.165, 1.54) is 0 Å². The quantitative estimate of drug-likeness (QED) is 0.836. The Labute approximate surface area is 165 Å². The van der Waals surface area contributed by atoms with Crippen LogP contribution in [0, 0.1) is 0 Å². The van der Waals surface area contributed by atoms with Crippen molar-refractivity contribution in [1.29, 1.82) is 0 Å². The molecule has 1 fully saturated rings. The van der Waals surface area contributed by atoms with E-state index in [-0.39, 0.29) is 5.03 Å². The molecule has 1 aromatic carbocycles. The van der Waals surface area contributed by atoms with Crippen molar-refractivity contribution in [2.24, 2.45) is 0 Å². The van der Waals surface area contributed by atoms with Crippen molar-refractivity contribution in [2.75, 3.05) is 18.0 Å². The molecule has 5 nitrogen and oxygen atoms in total. The fourth-order valence-electron chi connectivity index (χ4n) is 3.28. The van der Waals surface area contributed by atoms with Gasteiger partial charge in [0.25, 0.3) is 0 Å². The average molecular weight is 409 g/mol. The van der Waals surface area contributed by atoms with E-state index in [1.807, 2.05) is 18.2 Å². The summed E-state index contributed by atoms with van der Waals surface area (Å²) < 4.78 is 24.1. The Morgan fingerprint density at radius 3 is 2.26 bits per heavy atom.